The summed E-state index contributed by atoms with van der Waals surface area (Å²) in [6, 6.07) is 0. The standard InChI is InChI=1S/C10H15N5S/c1-3-4-9-7-12-10(16-9)11-5-8-6-13-14-15(8)2/h6-7H,3-5H2,1-2H3,(H,11,12). The van der Waals surface area contributed by atoms with Gasteiger partial charge in [-0.25, -0.2) is 4.98 Å². The maximum Gasteiger partial charge on any atom is 0.183 e. The average molecular weight is 237 g/mol. The number of rotatable bonds is 5. The highest BCUT2D eigenvalue weighted by Crippen LogP contribution is 2.19. The number of thiazole rings is 1. The number of nitrogens with zero attached hydrogens (tertiary/aromatic N) is 4. The Balaban J connectivity index is 1.92. The lowest BCUT2D eigenvalue weighted by atomic mass is 10.3. The van der Waals surface area contributed by atoms with Crippen molar-refractivity contribution in [2.75, 3.05) is 5.32 Å². The fraction of sp³-hybridized carbons (Fsp3) is 0.500. The van der Waals surface area contributed by atoms with Crippen molar-refractivity contribution in [3.63, 3.8) is 0 Å². The van der Waals surface area contributed by atoms with Crippen LogP contribution >= 0.6 is 11.3 Å². The molecular weight excluding hydrogens is 222 g/mol. The number of hydrogen-bond donors (Lipinski definition) is 1. The van der Waals surface area contributed by atoms with Crippen molar-refractivity contribution in [3.8, 4) is 0 Å². The zero-order chi connectivity index (χ0) is 11.4. The molecule has 2 heterocycles. The van der Waals surface area contributed by atoms with E-state index in [-0.39, 0.29) is 0 Å². The molecule has 0 amide bonds. The molecule has 86 valence electrons. The van der Waals surface area contributed by atoms with Gasteiger partial charge in [0.2, 0.25) is 0 Å². The average Bonchev–Trinajstić information content (AvgIpc) is 2.86. The van der Waals surface area contributed by atoms with Crippen molar-refractivity contribution in [1.82, 2.24) is 20.0 Å². The Labute approximate surface area is 98.5 Å². The first-order chi connectivity index (χ1) is 7.79. The summed E-state index contributed by atoms with van der Waals surface area (Å²) in [6.07, 6.45) is 5.96. The van der Waals surface area contributed by atoms with Crippen LogP contribution in [0.15, 0.2) is 12.4 Å². The molecule has 0 aromatic carbocycles. The Kier molecular flexibility index (Phi) is 3.51. The van der Waals surface area contributed by atoms with Crippen LogP contribution in [0.25, 0.3) is 0 Å². The van der Waals surface area contributed by atoms with Crippen LogP contribution < -0.4 is 5.32 Å². The molecular formula is C10H15N5S. The second-order valence-corrected chi connectivity index (χ2v) is 4.70. The van der Waals surface area contributed by atoms with Gasteiger partial charge >= 0.3 is 0 Å². The summed E-state index contributed by atoms with van der Waals surface area (Å²) in [4.78, 5) is 5.65. The lowest BCUT2D eigenvalue weighted by Gasteiger charge is -2.01. The minimum Gasteiger partial charge on any atom is -0.356 e. The van der Waals surface area contributed by atoms with E-state index in [1.54, 1.807) is 22.2 Å². The predicted molar refractivity (Wildman–Crippen MR) is 64.4 cm³/mol. The van der Waals surface area contributed by atoms with Crippen molar-refractivity contribution in [1.29, 1.82) is 0 Å². The van der Waals surface area contributed by atoms with Crippen LogP contribution in [0.4, 0.5) is 5.13 Å². The second-order valence-electron chi connectivity index (χ2n) is 3.58. The molecule has 0 spiro atoms. The van der Waals surface area contributed by atoms with Crippen LogP contribution in [0.2, 0.25) is 0 Å². The first kappa shape index (κ1) is 11.1. The maximum atomic E-state index is 4.32. The van der Waals surface area contributed by atoms with Crippen molar-refractivity contribution in [3.05, 3.63) is 23.0 Å². The Hall–Kier alpha value is -1.43. The van der Waals surface area contributed by atoms with Gasteiger partial charge in [0.15, 0.2) is 5.13 Å². The zero-order valence-corrected chi connectivity index (χ0v) is 10.3. The van der Waals surface area contributed by atoms with Gasteiger partial charge in [-0.2, -0.15) is 0 Å². The molecule has 0 aliphatic heterocycles. The Morgan fingerprint density at radius 3 is 3.00 bits per heavy atom. The van der Waals surface area contributed by atoms with Crippen LogP contribution in [-0.4, -0.2) is 20.0 Å². The minimum absolute atomic E-state index is 0.711. The van der Waals surface area contributed by atoms with E-state index in [0.29, 0.717) is 6.54 Å². The molecule has 16 heavy (non-hydrogen) atoms. The summed E-state index contributed by atoms with van der Waals surface area (Å²) in [6.45, 7) is 2.89. The van der Waals surface area contributed by atoms with Crippen LogP contribution in [-0.2, 0) is 20.0 Å². The number of anilines is 1. The van der Waals surface area contributed by atoms with Gasteiger partial charge < -0.3 is 5.32 Å². The van der Waals surface area contributed by atoms with Gasteiger partial charge in [-0.05, 0) is 6.42 Å². The Bertz CT molecular complexity index is 448. The molecule has 0 saturated carbocycles. The number of hydrogen-bond acceptors (Lipinski definition) is 5. The van der Waals surface area contributed by atoms with E-state index in [4.69, 9.17) is 0 Å². The van der Waals surface area contributed by atoms with E-state index in [0.717, 1.165) is 23.7 Å². The van der Waals surface area contributed by atoms with Crippen LogP contribution in [0.3, 0.4) is 0 Å². The molecule has 2 rings (SSSR count). The third-order valence-electron chi connectivity index (χ3n) is 2.28. The Morgan fingerprint density at radius 1 is 1.44 bits per heavy atom. The van der Waals surface area contributed by atoms with E-state index in [9.17, 15) is 0 Å². The van der Waals surface area contributed by atoms with Crippen molar-refractivity contribution in [2.45, 2.75) is 26.3 Å². The summed E-state index contributed by atoms with van der Waals surface area (Å²) in [5, 5.41) is 11.9. The van der Waals surface area contributed by atoms with E-state index in [1.807, 2.05) is 13.2 Å². The minimum atomic E-state index is 0.711. The van der Waals surface area contributed by atoms with Crippen LogP contribution in [0, 0.1) is 0 Å². The zero-order valence-electron chi connectivity index (χ0n) is 9.47. The quantitative estimate of drug-likeness (QED) is 0.862. The molecule has 0 aliphatic carbocycles. The lowest BCUT2D eigenvalue weighted by molar-refractivity contribution is 0.683. The first-order valence-corrected chi connectivity index (χ1v) is 6.13. The van der Waals surface area contributed by atoms with Crippen LogP contribution in [0.1, 0.15) is 23.9 Å². The summed E-state index contributed by atoms with van der Waals surface area (Å²) in [5.74, 6) is 0. The van der Waals surface area contributed by atoms with Gasteiger partial charge in [0.1, 0.15) is 0 Å². The summed E-state index contributed by atoms with van der Waals surface area (Å²) in [5.41, 5.74) is 1.05. The number of aryl methyl sites for hydroxylation is 2. The molecule has 2 aromatic rings. The highest BCUT2D eigenvalue weighted by atomic mass is 32.1. The van der Waals surface area contributed by atoms with Crippen molar-refractivity contribution in [2.24, 2.45) is 7.05 Å². The summed E-state index contributed by atoms with van der Waals surface area (Å²) >= 11 is 1.71. The monoisotopic (exact) mass is 237 g/mol. The van der Waals surface area contributed by atoms with Gasteiger partial charge in [0, 0.05) is 18.1 Å². The van der Waals surface area contributed by atoms with Gasteiger partial charge in [0.25, 0.3) is 0 Å². The molecule has 0 fully saturated rings. The smallest absolute Gasteiger partial charge is 0.183 e. The lowest BCUT2D eigenvalue weighted by Crippen LogP contribution is -2.04. The van der Waals surface area contributed by atoms with Gasteiger partial charge in [0.05, 0.1) is 18.4 Å². The van der Waals surface area contributed by atoms with E-state index in [1.165, 1.54) is 4.88 Å². The van der Waals surface area contributed by atoms with Crippen molar-refractivity contribution >= 4 is 16.5 Å². The third kappa shape index (κ3) is 2.57. The molecule has 0 aliphatic rings. The molecule has 0 unspecified atom stereocenters. The van der Waals surface area contributed by atoms with Gasteiger partial charge in [-0.3, -0.25) is 4.68 Å². The van der Waals surface area contributed by atoms with Gasteiger partial charge in [-0.1, -0.05) is 18.6 Å². The first-order valence-electron chi connectivity index (χ1n) is 5.31. The molecule has 0 atom stereocenters. The van der Waals surface area contributed by atoms with E-state index >= 15 is 0 Å². The third-order valence-corrected chi connectivity index (χ3v) is 3.29. The number of nitrogens with one attached hydrogen (secondary N) is 1. The topological polar surface area (TPSA) is 55.6 Å². The van der Waals surface area contributed by atoms with Gasteiger partial charge in [-0.15, -0.1) is 16.4 Å². The molecule has 5 nitrogen and oxygen atoms in total. The predicted octanol–water partition coefficient (Wildman–Crippen LogP) is 1.84. The maximum absolute atomic E-state index is 4.32. The normalized spacial score (nSPS) is 10.6. The molecule has 6 heteroatoms. The summed E-state index contributed by atoms with van der Waals surface area (Å²) < 4.78 is 1.76. The fourth-order valence-electron chi connectivity index (χ4n) is 1.39. The SMILES string of the molecule is CCCc1cnc(NCc2cnnn2C)s1. The highest BCUT2D eigenvalue weighted by Gasteiger charge is 2.03. The number of aromatic nitrogens is 4. The van der Waals surface area contributed by atoms with E-state index < -0.39 is 0 Å². The summed E-state index contributed by atoms with van der Waals surface area (Å²) in [7, 11) is 1.88. The highest BCUT2D eigenvalue weighted by molar-refractivity contribution is 7.15. The van der Waals surface area contributed by atoms with Crippen LogP contribution in [0.5, 0.6) is 0 Å². The van der Waals surface area contributed by atoms with E-state index in [2.05, 4.69) is 27.5 Å². The molecule has 0 radical (unpaired) electrons. The Morgan fingerprint density at radius 2 is 2.31 bits per heavy atom. The largest absolute Gasteiger partial charge is 0.356 e. The van der Waals surface area contributed by atoms with Crippen molar-refractivity contribution < 1.29 is 0 Å². The second kappa shape index (κ2) is 5.07. The molecule has 0 bridgehead atoms. The molecule has 0 saturated heterocycles. The fourth-order valence-corrected chi connectivity index (χ4v) is 2.30. The molecule has 1 N–H and O–H groups in total. The molecule has 2 aromatic heterocycles.